The molecule has 1 unspecified atom stereocenters. The molecule has 0 aromatic carbocycles. The van der Waals surface area contributed by atoms with Gasteiger partial charge in [-0.3, -0.25) is 9.80 Å². The summed E-state index contributed by atoms with van der Waals surface area (Å²) in [5.41, 5.74) is 1.90. The van der Waals surface area contributed by atoms with Gasteiger partial charge >= 0.3 is 6.03 Å². The first-order valence-electron chi connectivity index (χ1n) is 13.9. The third-order valence-electron chi connectivity index (χ3n) is 9.65. The van der Waals surface area contributed by atoms with E-state index >= 15 is 0 Å². The van der Waals surface area contributed by atoms with Crippen LogP contribution in [0.4, 0.5) is 10.5 Å². The summed E-state index contributed by atoms with van der Waals surface area (Å²) >= 11 is 0. The normalized spacial score (nSPS) is 30.0. The minimum atomic E-state index is -0.224. The summed E-state index contributed by atoms with van der Waals surface area (Å²) in [7, 11) is 3.79. The van der Waals surface area contributed by atoms with Crippen LogP contribution >= 0.6 is 0 Å². The van der Waals surface area contributed by atoms with E-state index in [2.05, 4.69) is 58.9 Å². The Morgan fingerprint density at radius 3 is 2.62 bits per heavy atom. The summed E-state index contributed by atoms with van der Waals surface area (Å²) in [6, 6.07) is 1.98. The molecule has 0 radical (unpaired) electrons. The Morgan fingerprint density at radius 1 is 1.27 bits per heavy atom. The molecule has 2 amide bonds. The van der Waals surface area contributed by atoms with Crippen molar-refractivity contribution in [3.63, 3.8) is 0 Å². The predicted octanol–water partition coefficient (Wildman–Crippen LogP) is 4.92. The maximum Gasteiger partial charge on any atom is 0.325 e. The van der Waals surface area contributed by atoms with Gasteiger partial charge in [0, 0.05) is 12.1 Å². The van der Waals surface area contributed by atoms with Gasteiger partial charge < -0.3 is 9.64 Å². The van der Waals surface area contributed by atoms with Crippen molar-refractivity contribution < 1.29 is 9.53 Å². The molecular weight excluding hydrogens is 464 g/mol. The van der Waals surface area contributed by atoms with E-state index in [-0.39, 0.29) is 28.8 Å². The Hall–Kier alpha value is -2.92. The molecule has 3 fully saturated rings. The molecule has 37 heavy (non-hydrogen) atoms. The molecule has 2 saturated carbocycles. The highest BCUT2D eigenvalue weighted by molar-refractivity contribution is 5.96. The summed E-state index contributed by atoms with van der Waals surface area (Å²) in [4.78, 5) is 29.0. The quantitative estimate of drug-likeness (QED) is 0.524. The van der Waals surface area contributed by atoms with Crippen LogP contribution in [0.5, 0.6) is 5.88 Å². The lowest BCUT2D eigenvalue weighted by molar-refractivity contribution is 0.0249. The first-order chi connectivity index (χ1) is 17.9. The Labute approximate surface area is 221 Å². The third kappa shape index (κ3) is 4.31. The Balaban J connectivity index is 1.48. The zero-order valence-corrected chi connectivity index (χ0v) is 22.7. The average Bonchev–Trinajstić information content (AvgIpc) is 3.16. The van der Waals surface area contributed by atoms with Crippen LogP contribution in [0.3, 0.4) is 0 Å². The van der Waals surface area contributed by atoms with Crippen molar-refractivity contribution >= 4 is 11.7 Å². The van der Waals surface area contributed by atoms with Gasteiger partial charge in [-0.25, -0.2) is 9.78 Å². The zero-order chi connectivity index (χ0) is 26.2. The number of aromatic nitrogens is 2. The number of hydrogen-bond acceptors (Lipinski definition) is 6. The van der Waals surface area contributed by atoms with E-state index in [1.54, 1.807) is 16.7 Å². The standard InChI is InChI=1S/C29H40N6O2/c1-5-33(3)29(23-12-7-6-9-21(23)2)15-13-28(14-16-29)20-34(27(36)35(28)19-22-10-8-11-22)24-18-31-25(17-30)32-26(24)37-4/h6-7,12,18,21-22H,5,8-11,13-16,19-20H2,1-4H3. The molecule has 198 valence electrons. The average molecular weight is 505 g/mol. The van der Waals surface area contributed by atoms with E-state index < -0.39 is 0 Å². The van der Waals surface area contributed by atoms with Gasteiger partial charge in [-0.2, -0.15) is 10.2 Å². The van der Waals surface area contributed by atoms with E-state index in [1.807, 2.05) is 6.07 Å². The summed E-state index contributed by atoms with van der Waals surface area (Å²) < 4.78 is 5.51. The number of hydrogen-bond donors (Lipinski definition) is 0. The minimum Gasteiger partial charge on any atom is -0.479 e. The molecular formula is C29H40N6O2. The Kier molecular flexibility index (Phi) is 7.01. The van der Waals surface area contributed by atoms with Crippen LogP contribution in [0.2, 0.25) is 0 Å². The molecule has 1 aromatic rings. The van der Waals surface area contributed by atoms with E-state index in [4.69, 9.17) is 4.74 Å². The van der Waals surface area contributed by atoms with Crippen molar-refractivity contribution in [2.45, 2.75) is 76.3 Å². The van der Waals surface area contributed by atoms with Gasteiger partial charge in [0.15, 0.2) is 0 Å². The summed E-state index contributed by atoms with van der Waals surface area (Å²) in [6.07, 6.45) is 17.2. The second-order valence-corrected chi connectivity index (χ2v) is 11.4. The summed E-state index contributed by atoms with van der Waals surface area (Å²) in [5, 5.41) is 9.25. The van der Waals surface area contributed by atoms with Crippen molar-refractivity contribution in [1.29, 1.82) is 5.26 Å². The largest absolute Gasteiger partial charge is 0.479 e. The molecule has 5 rings (SSSR count). The van der Waals surface area contributed by atoms with Crippen molar-refractivity contribution in [2.75, 3.05) is 38.7 Å². The molecule has 8 nitrogen and oxygen atoms in total. The fourth-order valence-corrected chi connectivity index (χ4v) is 7.05. The fraction of sp³-hybridized carbons (Fsp3) is 0.655. The maximum atomic E-state index is 14.0. The second kappa shape index (κ2) is 10.1. The number of rotatable bonds is 7. The number of methoxy groups -OCH3 is 1. The van der Waals surface area contributed by atoms with Crippen LogP contribution in [0.25, 0.3) is 0 Å². The van der Waals surface area contributed by atoms with Crippen LogP contribution < -0.4 is 9.64 Å². The SMILES string of the molecule is CCN(C)C1(C2=CC=CCC2C)CCC2(CC1)CN(c1cnc(C#N)nc1OC)C(=O)N2CC1CCC1. The monoisotopic (exact) mass is 504 g/mol. The van der Waals surface area contributed by atoms with Gasteiger partial charge in [-0.05, 0) is 75.9 Å². The molecule has 2 heterocycles. The summed E-state index contributed by atoms with van der Waals surface area (Å²) in [6.45, 7) is 7.01. The molecule has 1 spiro atoms. The lowest BCUT2D eigenvalue weighted by atomic mass is 9.64. The Morgan fingerprint density at radius 2 is 2.03 bits per heavy atom. The number of likely N-dealkylation sites (N-methyl/N-ethyl adjacent to an activating group) is 1. The number of nitrogens with zero attached hydrogens (tertiary/aromatic N) is 6. The van der Waals surface area contributed by atoms with Gasteiger partial charge in [-0.15, -0.1) is 0 Å². The number of amides is 2. The molecule has 1 saturated heterocycles. The second-order valence-electron chi connectivity index (χ2n) is 11.4. The number of carbonyl (C=O) groups excluding carboxylic acids is 1. The van der Waals surface area contributed by atoms with Crippen LogP contribution in [0, 0.1) is 23.2 Å². The van der Waals surface area contributed by atoms with Crippen LogP contribution in [0.1, 0.15) is 71.0 Å². The van der Waals surface area contributed by atoms with Gasteiger partial charge in [0.25, 0.3) is 0 Å². The smallest absolute Gasteiger partial charge is 0.325 e. The van der Waals surface area contributed by atoms with E-state index in [1.165, 1.54) is 26.4 Å². The van der Waals surface area contributed by atoms with E-state index in [0.29, 0.717) is 24.1 Å². The lowest BCUT2D eigenvalue weighted by Crippen LogP contribution is -2.59. The molecule has 3 aliphatic carbocycles. The predicted molar refractivity (Wildman–Crippen MR) is 143 cm³/mol. The molecule has 8 heteroatoms. The molecule has 0 N–H and O–H groups in total. The number of allylic oxidation sites excluding steroid dienone is 3. The van der Waals surface area contributed by atoms with Gasteiger partial charge in [0.1, 0.15) is 11.8 Å². The first kappa shape index (κ1) is 25.7. The lowest BCUT2D eigenvalue weighted by Gasteiger charge is -2.54. The number of anilines is 1. The zero-order valence-electron chi connectivity index (χ0n) is 22.7. The van der Waals surface area contributed by atoms with Crippen molar-refractivity contribution in [2.24, 2.45) is 11.8 Å². The number of carbonyl (C=O) groups is 1. The van der Waals surface area contributed by atoms with Gasteiger partial charge in [0.05, 0.1) is 25.4 Å². The third-order valence-corrected chi connectivity index (χ3v) is 9.65. The van der Waals surface area contributed by atoms with Gasteiger partial charge in [-0.1, -0.05) is 38.5 Å². The van der Waals surface area contributed by atoms with Crippen molar-refractivity contribution in [1.82, 2.24) is 19.8 Å². The van der Waals surface area contributed by atoms with Crippen LogP contribution in [0.15, 0.2) is 30.0 Å². The minimum absolute atomic E-state index is 0.0167. The topological polar surface area (TPSA) is 85.6 Å². The van der Waals surface area contributed by atoms with E-state index in [0.717, 1.165) is 45.2 Å². The van der Waals surface area contributed by atoms with Gasteiger partial charge in [0.2, 0.25) is 11.7 Å². The fourth-order valence-electron chi connectivity index (χ4n) is 7.05. The highest BCUT2D eigenvalue weighted by Gasteiger charge is 2.56. The highest BCUT2D eigenvalue weighted by Crippen LogP contribution is 2.51. The molecule has 4 aliphatic rings. The van der Waals surface area contributed by atoms with Crippen molar-refractivity contribution in [3.05, 3.63) is 35.8 Å². The summed E-state index contributed by atoms with van der Waals surface area (Å²) in [5.74, 6) is 1.43. The maximum absolute atomic E-state index is 14.0. The number of nitriles is 1. The molecule has 0 bridgehead atoms. The number of urea groups is 1. The highest BCUT2D eigenvalue weighted by atomic mass is 16.5. The molecule has 1 atom stereocenters. The van der Waals surface area contributed by atoms with Crippen molar-refractivity contribution in [3.8, 4) is 11.9 Å². The van der Waals surface area contributed by atoms with Crippen LogP contribution in [-0.2, 0) is 0 Å². The number of ether oxygens (including phenoxy) is 1. The first-order valence-corrected chi connectivity index (χ1v) is 13.9. The van der Waals surface area contributed by atoms with Crippen LogP contribution in [-0.4, -0.2) is 70.7 Å². The van der Waals surface area contributed by atoms with E-state index in [9.17, 15) is 10.1 Å². The molecule has 1 aromatic heterocycles. The Bertz CT molecular complexity index is 1130. The molecule has 1 aliphatic heterocycles.